The molecule has 1 unspecified atom stereocenters. The predicted molar refractivity (Wildman–Crippen MR) is 65.0 cm³/mol. The van der Waals surface area contributed by atoms with E-state index >= 15 is 0 Å². The van der Waals surface area contributed by atoms with Crippen LogP contribution in [0.1, 0.15) is 25.2 Å². The SMILES string of the molecule is CCc1cc(CSCC(C)CO)n(C)n1. The molecule has 1 heterocycles. The second-order valence-electron chi connectivity index (χ2n) is 3.91. The summed E-state index contributed by atoms with van der Waals surface area (Å²) < 4.78 is 1.95. The molecule has 4 heteroatoms. The Bertz CT molecular complexity index is 299. The summed E-state index contributed by atoms with van der Waals surface area (Å²) in [7, 11) is 1.99. The lowest BCUT2D eigenvalue weighted by Gasteiger charge is -2.06. The van der Waals surface area contributed by atoms with Crippen molar-refractivity contribution in [3.05, 3.63) is 17.5 Å². The Hall–Kier alpha value is -0.480. The summed E-state index contributed by atoms with van der Waals surface area (Å²) in [5.74, 6) is 2.37. The Morgan fingerprint density at radius 2 is 2.33 bits per heavy atom. The van der Waals surface area contributed by atoms with Crippen LogP contribution in [0.25, 0.3) is 0 Å². The Morgan fingerprint density at radius 1 is 1.60 bits per heavy atom. The van der Waals surface area contributed by atoms with Gasteiger partial charge in [-0.2, -0.15) is 16.9 Å². The number of aliphatic hydroxyl groups is 1. The van der Waals surface area contributed by atoms with Gasteiger partial charge in [-0.1, -0.05) is 13.8 Å². The van der Waals surface area contributed by atoms with Crippen LogP contribution in [0.5, 0.6) is 0 Å². The van der Waals surface area contributed by atoms with Crippen LogP contribution in [0, 0.1) is 5.92 Å². The van der Waals surface area contributed by atoms with Crippen molar-refractivity contribution in [2.45, 2.75) is 26.0 Å². The maximum absolute atomic E-state index is 8.90. The molecule has 0 radical (unpaired) electrons. The maximum atomic E-state index is 8.90. The van der Waals surface area contributed by atoms with Gasteiger partial charge in [0.1, 0.15) is 0 Å². The summed E-state index contributed by atoms with van der Waals surface area (Å²) in [5, 5.41) is 13.3. The van der Waals surface area contributed by atoms with E-state index in [0.29, 0.717) is 5.92 Å². The fraction of sp³-hybridized carbons (Fsp3) is 0.727. The van der Waals surface area contributed by atoms with Crippen molar-refractivity contribution < 1.29 is 5.11 Å². The van der Waals surface area contributed by atoms with Crippen molar-refractivity contribution in [2.75, 3.05) is 12.4 Å². The van der Waals surface area contributed by atoms with Crippen LogP contribution < -0.4 is 0 Å². The highest BCUT2D eigenvalue weighted by atomic mass is 32.2. The molecule has 0 spiro atoms. The molecule has 0 aliphatic carbocycles. The van der Waals surface area contributed by atoms with Gasteiger partial charge in [-0.15, -0.1) is 0 Å². The number of hydrogen-bond donors (Lipinski definition) is 1. The van der Waals surface area contributed by atoms with E-state index in [1.54, 1.807) is 0 Å². The molecule has 1 N–H and O–H groups in total. The molecule has 0 bridgehead atoms. The molecule has 1 atom stereocenters. The van der Waals surface area contributed by atoms with E-state index in [-0.39, 0.29) is 6.61 Å². The average Bonchev–Trinajstić information content (AvgIpc) is 2.59. The second kappa shape index (κ2) is 6.18. The van der Waals surface area contributed by atoms with E-state index < -0.39 is 0 Å². The lowest BCUT2D eigenvalue weighted by atomic mass is 10.2. The number of aliphatic hydroxyl groups excluding tert-OH is 1. The van der Waals surface area contributed by atoms with E-state index in [9.17, 15) is 0 Å². The monoisotopic (exact) mass is 228 g/mol. The molecule has 0 aliphatic heterocycles. The molecule has 1 aromatic heterocycles. The van der Waals surface area contributed by atoms with E-state index in [4.69, 9.17) is 5.11 Å². The first-order valence-corrected chi connectivity index (χ1v) is 6.53. The van der Waals surface area contributed by atoms with Gasteiger partial charge in [0.15, 0.2) is 0 Å². The van der Waals surface area contributed by atoms with Gasteiger partial charge in [0, 0.05) is 25.1 Å². The van der Waals surface area contributed by atoms with Crippen molar-refractivity contribution >= 4 is 11.8 Å². The third kappa shape index (κ3) is 3.87. The van der Waals surface area contributed by atoms with Crippen molar-refractivity contribution in [3.8, 4) is 0 Å². The quantitative estimate of drug-likeness (QED) is 0.807. The molecule has 0 saturated carbocycles. The smallest absolute Gasteiger partial charge is 0.0624 e. The van der Waals surface area contributed by atoms with Gasteiger partial charge in [-0.3, -0.25) is 4.68 Å². The summed E-state index contributed by atoms with van der Waals surface area (Å²) in [6, 6.07) is 2.16. The first-order chi connectivity index (χ1) is 7.17. The summed E-state index contributed by atoms with van der Waals surface area (Å²) in [4.78, 5) is 0. The molecule has 0 saturated heterocycles. The highest BCUT2D eigenvalue weighted by Gasteiger charge is 2.05. The average molecular weight is 228 g/mol. The van der Waals surface area contributed by atoms with E-state index in [1.165, 1.54) is 5.69 Å². The summed E-state index contributed by atoms with van der Waals surface area (Å²) in [6.45, 7) is 4.46. The van der Waals surface area contributed by atoms with Crippen molar-refractivity contribution in [1.82, 2.24) is 9.78 Å². The van der Waals surface area contributed by atoms with Gasteiger partial charge >= 0.3 is 0 Å². The normalized spacial score (nSPS) is 13.1. The molecule has 0 amide bonds. The van der Waals surface area contributed by atoms with Gasteiger partial charge in [-0.05, 0) is 24.2 Å². The van der Waals surface area contributed by atoms with Crippen LogP contribution >= 0.6 is 11.8 Å². The Labute approximate surface area is 95.9 Å². The first kappa shape index (κ1) is 12.6. The Morgan fingerprint density at radius 3 is 2.87 bits per heavy atom. The molecular weight excluding hydrogens is 208 g/mol. The topological polar surface area (TPSA) is 38.0 Å². The highest BCUT2D eigenvalue weighted by molar-refractivity contribution is 7.98. The summed E-state index contributed by atoms with van der Waals surface area (Å²) >= 11 is 1.86. The van der Waals surface area contributed by atoms with Gasteiger partial charge in [0.2, 0.25) is 0 Å². The number of thioether (sulfide) groups is 1. The third-order valence-corrected chi connectivity index (χ3v) is 3.66. The summed E-state index contributed by atoms with van der Waals surface area (Å²) in [5.41, 5.74) is 2.42. The number of nitrogens with zero attached hydrogens (tertiary/aromatic N) is 2. The zero-order valence-corrected chi connectivity index (χ0v) is 10.5. The minimum atomic E-state index is 0.276. The lowest BCUT2D eigenvalue weighted by molar-refractivity contribution is 0.250. The third-order valence-electron chi connectivity index (χ3n) is 2.35. The molecule has 0 aliphatic rings. The number of hydrogen-bond acceptors (Lipinski definition) is 3. The molecule has 15 heavy (non-hydrogen) atoms. The van der Waals surface area contributed by atoms with Crippen LogP contribution in [0.3, 0.4) is 0 Å². The van der Waals surface area contributed by atoms with Gasteiger partial charge in [0.25, 0.3) is 0 Å². The highest BCUT2D eigenvalue weighted by Crippen LogP contribution is 2.16. The Balaban J connectivity index is 2.40. The number of rotatable bonds is 6. The molecule has 0 fully saturated rings. The largest absolute Gasteiger partial charge is 0.396 e. The fourth-order valence-corrected chi connectivity index (χ4v) is 2.40. The van der Waals surface area contributed by atoms with E-state index in [1.807, 2.05) is 23.5 Å². The summed E-state index contributed by atoms with van der Waals surface area (Å²) in [6.07, 6.45) is 0.992. The second-order valence-corrected chi connectivity index (χ2v) is 4.94. The maximum Gasteiger partial charge on any atom is 0.0624 e. The van der Waals surface area contributed by atoms with Gasteiger partial charge in [-0.25, -0.2) is 0 Å². The van der Waals surface area contributed by atoms with Crippen LogP contribution in [-0.2, 0) is 19.2 Å². The van der Waals surface area contributed by atoms with Gasteiger partial charge < -0.3 is 5.11 Å². The zero-order chi connectivity index (χ0) is 11.3. The molecular formula is C11H20N2OS. The standard InChI is InChI=1S/C11H20N2OS/c1-4-10-5-11(13(3)12-10)8-15-7-9(2)6-14/h5,9,14H,4,6-8H2,1-3H3. The Kier molecular flexibility index (Phi) is 5.19. The molecule has 0 aromatic carbocycles. The molecule has 1 rings (SSSR count). The van der Waals surface area contributed by atoms with Crippen LogP contribution in [-0.4, -0.2) is 27.2 Å². The van der Waals surface area contributed by atoms with Crippen molar-refractivity contribution in [3.63, 3.8) is 0 Å². The van der Waals surface area contributed by atoms with Crippen LogP contribution in [0.4, 0.5) is 0 Å². The minimum Gasteiger partial charge on any atom is -0.396 e. The molecule has 3 nitrogen and oxygen atoms in total. The molecule has 1 aromatic rings. The van der Waals surface area contributed by atoms with E-state index in [2.05, 4.69) is 25.0 Å². The lowest BCUT2D eigenvalue weighted by Crippen LogP contribution is -2.04. The predicted octanol–water partition coefficient (Wildman–Crippen LogP) is 1.84. The first-order valence-electron chi connectivity index (χ1n) is 5.37. The van der Waals surface area contributed by atoms with Crippen LogP contribution in [0.15, 0.2) is 6.07 Å². The van der Waals surface area contributed by atoms with Crippen molar-refractivity contribution in [2.24, 2.45) is 13.0 Å². The molecule has 86 valence electrons. The fourth-order valence-electron chi connectivity index (χ4n) is 1.30. The minimum absolute atomic E-state index is 0.276. The van der Waals surface area contributed by atoms with Crippen molar-refractivity contribution in [1.29, 1.82) is 0 Å². The van der Waals surface area contributed by atoms with E-state index in [0.717, 1.165) is 23.6 Å². The van der Waals surface area contributed by atoms with Gasteiger partial charge in [0.05, 0.1) is 5.69 Å². The number of aromatic nitrogens is 2. The van der Waals surface area contributed by atoms with Crippen LogP contribution in [0.2, 0.25) is 0 Å². The zero-order valence-electron chi connectivity index (χ0n) is 9.73. The number of aryl methyl sites for hydroxylation is 2.